The van der Waals surface area contributed by atoms with Crippen LogP contribution in [0.3, 0.4) is 0 Å². The standard InChI is InChI=1S/C24H41N5O6/c1-6-7-8-9-10-11-13-18(30)24(14-12-15-27(24)4)20(32)25-17(19(31)26-35)16-29-21(33)23(2,3)28(5)22(29)34/h17,35H,6-16H2,1-5H3,(H,25,32)(H,26,31)/t17?,24-/m1/s1. The van der Waals surface area contributed by atoms with Gasteiger partial charge >= 0.3 is 6.03 Å². The van der Waals surface area contributed by atoms with Crippen LogP contribution in [-0.2, 0) is 19.2 Å². The van der Waals surface area contributed by atoms with Crippen LogP contribution in [0.1, 0.15) is 78.6 Å². The summed E-state index contributed by atoms with van der Waals surface area (Å²) in [6.07, 6.45) is 7.26. The van der Waals surface area contributed by atoms with E-state index in [1.54, 1.807) is 25.8 Å². The van der Waals surface area contributed by atoms with Gasteiger partial charge in [0.05, 0.1) is 6.54 Å². The van der Waals surface area contributed by atoms with E-state index in [4.69, 9.17) is 0 Å². The number of imide groups is 1. The molecule has 0 spiro atoms. The lowest BCUT2D eigenvalue weighted by atomic mass is 9.86. The molecule has 0 radical (unpaired) electrons. The summed E-state index contributed by atoms with van der Waals surface area (Å²) in [7, 11) is 3.18. The zero-order valence-electron chi connectivity index (χ0n) is 21.7. The van der Waals surface area contributed by atoms with Crippen molar-refractivity contribution >= 4 is 29.5 Å². The van der Waals surface area contributed by atoms with Crippen molar-refractivity contribution in [3.05, 3.63) is 0 Å². The van der Waals surface area contributed by atoms with Gasteiger partial charge < -0.3 is 10.2 Å². The van der Waals surface area contributed by atoms with Crippen LogP contribution in [-0.4, -0.2) is 93.7 Å². The number of nitrogens with zero attached hydrogens (tertiary/aromatic N) is 3. The van der Waals surface area contributed by atoms with E-state index >= 15 is 0 Å². The van der Waals surface area contributed by atoms with Crippen LogP contribution in [0.5, 0.6) is 0 Å². The second-order valence-corrected chi connectivity index (χ2v) is 10.1. The Morgan fingerprint density at radius 3 is 2.20 bits per heavy atom. The van der Waals surface area contributed by atoms with Gasteiger partial charge in [-0.1, -0.05) is 39.0 Å². The number of urea groups is 1. The summed E-state index contributed by atoms with van der Waals surface area (Å²) in [5, 5.41) is 11.8. The molecular weight excluding hydrogens is 454 g/mol. The first kappa shape index (κ1) is 28.7. The number of likely N-dealkylation sites (tertiary alicyclic amines) is 1. The van der Waals surface area contributed by atoms with Gasteiger partial charge in [-0.15, -0.1) is 0 Å². The molecule has 2 rings (SSSR count). The Bertz CT molecular complexity index is 831. The lowest BCUT2D eigenvalue weighted by Gasteiger charge is -2.35. The van der Waals surface area contributed by atoms with E-state index in [2.05, 4.69) is 12.2 Å². The van der Waals surface area contributed by atoms with E-state index in [9.17, 15) is 29.2 Å². The second kappa shape index (κ2) is 11.9. The van der Waals surface area contributed by atoms with E-state index in [0.29, 0.717) is 25.8 Å². The molecule has 3 N–H and O–H groups in total. The summed E-state index contributed by atoms with van der Waals surface area (Å²) >= 11 is 0. The summed E-state index contributed by atoms with van der Waals surface area (Å²) < 4.78 is 0. The third-order valence-corrected chi connectivity index (χ3v) is 7.50. The van der Waals surface area contributed by atoms with E-state index < -0.39 is 47.4 Å². The number of ketones is 1. The molecule has 2 aliphatic heterocycles. The van der Waals surface area contributed by atoms with Crippen LogP contribution in [0.2, 0.25) is 0 Å². The minimum absolute atomic E-state index is 0.206. The maximum Gasteiger partial charge on any atom is 0.327 e. The maximum atomic E-state index is 13.5. The third-order valence-electron chi connectivity index (χ3n) is 7.50. The van der Waals surface area contributed by atoms with Crippen molar-refractivity contribution in [3.63, 3.8) is 0 Å². The highest BCUT2D eigenvalue weighted by Gasteiger charge is 2.53. The van der Waals surface area contributed by atoms with Crippen molar-refractivity contribution in [2.45, 2.75) is 95.7 Å². The van der Waals surface area contributed by atoms with Gasteiger partial charge in [-0.2, -0.15) is 0 Å². The number of amides is 5. The molecule has 11 heteroatoms. The molecule has 0 aliphatic carbocycles. The van der Waals surface area contributed by atoms with Crippen LogP contribution in [0, 0.1) is 0 Å². The normalized spacial score (nSPS) is 23.0. The van der Waals surface area contributed by atoms with Gasteiger partial charge in [0, 0.05) is 13.5 Å². The largest absolute Gasteiger partial charge is 0.341 e. The monoisotopic (exact) mass is 495 g/mol. The number of Topliss-reactive ketones (excluding diaryl/α,β-unsaturated/α-hetero) is 1. The van der Waals surface area contributed by atoms with Gasteiger partial charge in [0.2, 0.25) is 5.91 Å². The molecule has 2 fully saturated rings. The molecular formula is C24H41N5O6. The molecule has 35 heavy (non-hydrogen) atoms. The van der Waals surface area contributed by atoms with E-state index in [-0.39, 0.29) is 12.2 Å². The smallest absolute Gasteiger partial charge is 0.327 e. The van der Waals surface area contributed by atoms with Crippen LogP contribution in [0.15, 0.2) is 0 Å². The number of hydrogen-bond donors (Lipinski definition) is 3. The summed E-state index contributed by atoms with van der Waals surface area (Å²) in [6, 6.07) is -2.03. The molecule has 2 atom stereocenters. The Hall–Kier alpha value is -2.53. The Balaban J connectivity index is 2.16. The van der Waals surface area contributed by atoms with Crippen molar-refractivity contribution in [3.8, 4) is 0 Å². The number of nitrogens with one attached hydrogen (secondary N) is 2. The zero-order chi connectivity index (χ0) is 26.4. The second-order valence-electron chi connectivity index (χ2n) is 10.1. The Labute approximate surface area is 207 Å². The molecule has 5 amide bonds. The number of carbonyl (C=O) groups is 5. The minimum Gasteiger partial charge on any atom is -0.341 e. The maximum absolute atomic E-state index is 13.5. The fourth-order valence-electron chi connectivity index (χ4n) is 4.87. The highest BCUT2D eigenvalue weighted by Crippen LogP contribution is 2.32. The van der Waals surface area contributed by atoms with E-state index in [1.807, 2.05) is 0 Å². The summed E-state index contributed by atoms with van der Waals surface area (Å²) in [6.45, 7) is 5.39. The quantitative estimate of drug-likeness (QED) is 0.115. The molecule has 1 unspecified atom stereocenters. The number of hydroxylamine groups is 1. The molecule has 0 saturated carbocycles. The van der Waals surface area contributed by atoms with Crippen LogP contribution in [0.4, 0.5) is 4.79 Å². The molecule has 0 bridgehead atoms. The minimum atomic E-state index is -1.42. The first-order valence-electron chi connectivity index (χ1n) is 12.5. The summed E-state index contributed by atoms with van der Waals surface area (Å²) in [5.41, 5.74) is -1.04. The Morgan fingerprint density at radius 2 is 1.69 bits per heavy atom. The van der Waals surface area contributed by atoms with Gasteiger partial charge in [0.1, 0.15) is 11.6 Å². The van der Waals surface area contributed by atoms with E-state index in [1.165, 1.54) is 17.4 Å². The Morgan fingerprint density at radius 1 is 1.06 bits per heavy atom. The van der Waals surface area contributed by atoms with Crippen LogP contribution >= 0.6 is 0 Å². The molecule has 11 nitrogen and oxygen atoms in total. The first-order valence-corrected chi connectivity index (χ1v) is 12.5. The van der Waals surface area contributed by atoms with Crippen molar-refractivity contribution in [1.29, 1.82) is 0 Å². The number of carbonyl (C=O) groups excluding carboxylic acids is 5. The van der Waals surface area contributed by atoms with Gasteiger partial charge in [-0.3, -0.25) is 34.2 Å². The van der Waals surface area contributed by atoms with E-state index in [0.717, 1.165) is 37.0 Å². The lowest BCUT2D eigenvalue weighted by Crippen LogP contribution is -2.64. The molecule has 0 aromatic carbocycles. The number of rotatable bonds is 13. The van der Waals surface area contributed by atoms with Crippen LogP contribution < -0.4 is 10.8 Å². The predicted molar refractivity (Wildman–Crippen MR) is 128 cm³/mol. The molecule has 0 aromatic rings. The lowest BCUT2D eigenvalue weighted by molar-refractivity contribution is -0.146. The van der Waals surface area contributed by atoms with Crippen LogP contribution in [0.25, 0.3) is 0 Å². The van der Waals surface area contributed by atoms with Crippen molar-refractivity contribution < 1.29 is 29.2 Å². The highest BCUT2D eigenvalue weighted by atomic mass is 16.5. The fraction of sp³-hybridized carbons (Fsp3) is 0.792. The first-order chi connectivity index (χ1) is 16.4. The highest BCUT2D eigenvalue weighted by molar-refractivity contribution is 6.12. The molecule has 2 aliphatic rings. The SMILES string of the molecule is CCCCCCCCC(=O)[C@@]1(C(=O)NC(CN2C(=O)N(C)C(C)(C)C2=O)C(=O)NO)CCCN1C. The van der Waals surface area contributed by atoms with Gasteiger partial charge in [-0.25, -0.2) is 10.3 Å². The number of likely N-dealkylation sites (N-methyl/N-ethyl adjacent to an activating group) is 2. The number of unbranched alkanes of at least 4 members (excludes halogenated alkanes) is 5. The molecule has 2 heterocycles. The molecule has 0 aromatic heterocycles. The average Bonchev–Trinajstić information content (AvgIpc) is 3.28. The molecule has 2 saturated heterocycles. The average molecular weight is 496 g/mol. The summed E-state index contributed by atoms with van der Waals surface area (Å²) in [5.74, 6) is -2.37. The van der Waals surface area contributed by atoms with Gasteiger partial charge in [0.15, 0.2) is 11.3 Å². The fourth-order valence-corrected chi connectivity index (χ4v) is 4.87. The van der Waals surface area contributed by atoms with Crippen molar-refractivity contribution in [2.24, 2.45) is 0 Å². The Kier molecular flexibility index (Phi) is 9.79. The van der Waals surface area contributed by atoms with Crippen molar-refractivity contribution in [1.82, 2.24) is 25.5 Å². The number of hydrogen-bond acceptors (Lipinski definition) is 7. The topological polar surface area (TPSA) is 139 Å². The van der Waals surface area contributed by atoms with Gasteiger partial charge in [-0.05, 0) is 46.7 Å². The predicted octanol–water partition coefficient (Wildman–Crippen LogP) is 1.43. The van der Waals surface area contributed by atoms with Crippen molar-refractivity contribution in [2.75, 3.05) is 27.2 Å². The third kappa shape index (κ3) is 5.83. The zero-order valence-corrected chi connectivity index (χ0v) is 21.7. The summed E-state index contributed by atoms with van der Waals surface area (Å²) in [4.78, 5) is 68.5. The van der Waals surface area contributed by atoms with Gasteiger partial charge in [0.25, 0.3) is 11.8 Å². The molecule has 198 valence electrons.